The molecule has 1 aliphatic carbocycles. The van der Waals surface area contributed by atoms with E-state index in [0.717, 1.165) is 25.0 Å². The monoisotopic (exact) mass is 226 g/mol. The Morgan fingerprint density at radius 1 is 1.29 bits per heavy atom. The maximum atomic E-state index is 10.7. The Bertz CT molecular complexity index is 583. The lowest BCUT2D eigenvalue weighted by atomic mass is 9.72. The van der Waals surface area contributed by atoms with Crippen molar-refractivity contribution in [2.75, 3.05) is 0 Å². The lowest BCUT2D eigenvalue weighted by molar-refractivity contribution is -0.0632. The summed E-state index contributed by atoms with van der Waals surface area (Å²) >= 11 is 0. The molecule has 1 N–H and O–H groups in total. The average molecular weight is 226 g/mol. The lowest BCUT2D eigenvalue weighted by Crippen LogP contribution is -2.44. The molecule has 0 unspecified atom stereocenters. The molecule has 1 fully saturated rings. The highest BCUT2D eigenvalue weighted by molar-refractivity contribution is 5.69. The first-order valence-electron chi connectivity index (χ1n) is 6.13. The minimum Gasteiger partial charge on any atom is -0.387 e. The van der Waals surface area contributed by atoms with Crippen LogP contribution in [0.2, 0.25) is 0 Å². The summed E-state index contributed by atoms with van der Waals surface area (Å²) < 4.78 is 2.13. The van der Waals surface area contributed by atoms with Gasteiger partial charge in [0.15, 0.2) is 0 Å². The molecular formula is C14H14N2O. The first-order chi connectivity index (χ1) is 8.30. The zero-order chi connectivity index (χ0) is 11.5. The summed E-state index contributed by atoms with van der Waals surface area (Å²) in [6.45, 7) is 0. The normalized spacial score (nSPS) is 23.9. The molecule has 2 aliphatic rings. The molecule has 86 valence electrons. The highest BCUT2D eigenvalue weighted by atomic mass is 16.3. The summed E-state index contributed by atoms with van der Waals surface area (Å²) in [5.41, 5.74) is 3.02. The van der Waals surface area contributed by atoms with Crippen molar-refractivity contribution < 1.29 is 5.11 Å². The molecule has 0 spiro atoms. The number of hydrogen-bond acceptors (Lipinski definition) is 2. The molecule has 2 heterocycles. The third-order valence-electron chi connectivity index (χ3n) is 4.20. The largest absolute Gasteiger partial charge is 0.387 e. The second-order valence-corrected chi connectivity index (χ2v) is 5.13. The van der Waals surface area contributed by atoms with E-state index in [-0.39, 0.29) is 6.04 Å². The highest BCUT2D eigenvalue weighted by Gasteiger charge is 2.47. The summed E-state index contributed by atoms with van der Waals surface area (Å²) in [4.78, 5) is 4.22. The first kappa shape index (κ1) is 9.42. The van der Waals surface area contributed by atoms with E-state index in [1.54, 1.807) is 0 Å². The van der Waals surface area contributed by atoms with Crippen molar-refractivity contribution in [3.8, 4) is 11.3 Å². The summed E-state index contributed by atoms with van der Waals surface area (Å²) in [7, 11) is 0. The van der Waals surface area contributed by atoms with Crippen LogP contribution in [0.1, 0.15) is 30.9 Å². The fourth-order valence-electron chi connectivity index (χ4n) is 3.20. The summed E-state index contributed by atoms with van der Waals surface area (Å²) in [6.07, 6.45) is 6.64. The van der Waals surface area contributed by atoms with Crippen molar-refractivity contribution in [1.82, 2.24) is 9.55 Å². The highest BCUT2D eigenvalue weighted by Crippen LogP contribution is 2.51. The number of aliphatic hydroxyl groups is 1. The summed E-state index contributed by atoms with van der Waals surface area (Å²) in [6, 6.07) is 8.40. The van der Waals surface area contributed by atoms with E-state index in [0.29, 0.717) is 0 Å². The molecule has 0 bridgehead atoms. The summed E-state index contributed by atoms with van der Waals surface area (Å²) in [5.74, 6) is 0. The molecule has 1 atom stereocenters. The van der Waals surface area contributed by atoms with E-state index < -0.39 is 5.60 Å². The number of nitrogens with zero attached hydrogens (tertiary/aromatic N) is 2. The molecule has 1 aliphatic heterocycles. The summed E-state index contributed by atoms with van der Waals surface area (Å²) in [5, 5.41) is 10.7. The van der Waals surface area contributed by atoms with Gasteiger partial charge in [0, 0.05) is 5.56 Å². The van der Waals surface area contributed by atoms with Gasteiger partial charge in [-0.3, -0.25) is 0 Å². The Hall–Kier alpha value is -1.61. The van der Waals surface area contributed by atoms with Crippen molar-refractivity contribution in [3.05, 3.63) is 42.4 Å². The van der Waals surface area contributed by atoms with Crippen LogP contribution in [0, 0.1) is 0 Å². The standard InChI is InChI=1S/C14H14N2O/c17-14(6-3-7-14)13-11-5-2-1-4-10(11)12-8-15-9-16(12)13/h1-2,4-5,8-9,13,17H,3,6-7H2/t13-/m1/s1. The van der Waals surface area contributed by atoms with Crippen LogP contribution in [0.4, 0.5) is 0 Å². The van der Waals surface area contributed by atoms with Gasteiger partial charge in [-0.25, -0.2) is 4.98 Å². The van der Waals surface area contributed by atoms with Gasteiger partial charge in [0.2, 0.25) is 0 Å². The molecule has 0 saturated heterocycles. The molecule has 3 heteroatoms. The number of benzene rings is 1. The van der Waals surface area contributed by atoms with E-state index in [1.807, 2.05) is 24.7 Å². The Morgan fingerprint density at radius 3 is 2.88 bits per heavy atom. The van der Waals surface area contributed by atoms with E-state index in [2.05, 4.69) is 21.7 Å². The fourth-order valence-corrected chi connectivity index (χ4v) is 3.20. The number of fused-ring (bicyclic) bond motifs is 3. The van der Waals surface area contributed by atoms with Gasteiger partial charge >= 0.3 is 0 Å². The third-order valence-corrected chi connectivity index (χ3v) is 4.20. The zero-order valence-electron chi connectivity index (χ0n) is 9.50. The zero-order valence-corrected chi connectivity index (χ0v) is 9.50. The Morgan fingerprint density at radius 2 is 2.12 bits per heavy atom. The van der Waals surface area contributed by atoms with Crippen LogP contribution in [0.25, 0.3) is 11.3 Å². The molecule has 1 aromatic heterocycles. The molecular weight excluding hydrogens is 212 g/mol. The van der Waals surface area contributed by atoms with Crippen molar-refractivity contribution in [1.29, 1.82) is 0 Å². The average Bonchev–Trinajstić information content (AvgIpc) is 2.85. The van der Waals surface area contributed by atoms with Crippen molar-refractivity contribution >= 4 is 0 Å². The topological polar surface area (TPSA) is 38.1 Å². The van der Waals surface area contributed by atoms with Gasteiger partial charge in [0.25, 0.3) is 0 Å². The number of aromatic nitrogens is 2. The Labute approximate surface area is 99.7 Å². The van der Waals surface area contributed by atoms with Crippen LogP contribution in [0.5, 0.6) is 0 Å². The van der Waals surface area contributed by atoms with Crippen LogP contribution in [0.3, 0.4) is 0 Å². The fraction of sp³-hybridized carbons (Fsp3) is 0.357. The first-order valence-corrected chi connectivity index (χ1v) is 6.13. The van der Waals surface area contributed by atoms with Crippen LogP contribution >= 0.6 is 0 Å². The minimum absolute atomic E-state index is 0.0601. The van der Waals surface area contributed by atoms with Crippen molar-refractivity contribution in [3.63, 3.8) is 0 Å². The molecule has 4 rings (SSSR count). The maximum absolute atomic E-state index is 10.7. The third kappa shape index (κ3) is 1.07. The van der Waals surface area contributed by atoms with Gasteiger partial charge in [-0.05, 0) is 24.8 Å². The molecule has 17 heavy (non-hydrogen) atoms. The molecule has 3 nitrogen and oxygen atoms in total. The molecule has 0 amide bonds. The Kier molecular flexibility index (Phi) is 1.66. The van der Waals surface area contributed by atoms with Gasteiger partial charge in [-0.15, -0.1) is 0 Å². The maximum Gasteiger partial charge on any atom is 0.0957 e. The number of hydrogen-bond donors (Lipinski definition) is 1. The lowest BCUT2D eigenvalue weighted by Gasteiger charge is -2.42. The quantitative estimate of drug-likeness (QED) is 0.810. The Balaban J connectivity index is 1.96. The molecule has 1 saturated carbocycles. The molecule has 0 radical (unpaired) electrons. The van der Waals surface area contributed by atoms with Gasteiger partial charge in [0.1, 0.15) is 0 Å². The second-order valence-electron chi connectivity index (χ2n) is 5.13. The smallest absolute Gasteiger partial charge is 0.0957 e. The minimum atomic E-state index is -0.567. The van der Waals surface area contributed by atoms with Crippen molar-refractivity contribution in [2.45, 2.75) is 30.9 Å². The van der Waals surface area contributed by atoms with E-state index >= 15 is 0 Å². The SMILES string of the molecule is OC1([C@H]2c3ccccc3-c3cncn32)CCC1. The molecule has 2 aromatic rings. The van der Waals surface area contributed by atoms with Crippen molar-refractivity contribution in [2.24, 2.45) is 0 Å². The molecule has 1 aromatic carbocycles. The van der Waals surface area contributed by atoms with Gasteiger partial charge in [-0.1, -0.05) is 24.3 Å². The van der Waals surface area contributed by atoms with Crippen LogP contribution in [-0.2, 0) is 0 Å². The van der Waals surface area contributed by atoms with Gasteiger partial charge < -0.3 is 9.67 Å². The number of rotatable bonds is 1. The van der Waals surface area contributed by atoms with Crippen LogP contribution in [-0.4, -0.2) is 20.3 Å². The van der Waals surface area contributed by atoms with Crippen LogP contribution in [0.15, 0.2) is 36.8 Å². The van der Waals surface area contributed by atoms with Crippen LogP contribution < -0.4 is 0 Å². The van der Waals surface area contributed by atoms with Gasteiger partial charge in [0.05, 0.1) is 29.9 Å². The second kappa shape index (κ2) is 2.99. The van der Waals surface area contributed by atoms with E-state index in [4.69, 9.17) is 0 Å². The van der Waals surface area contributed by atoms with E-state index in [1.165, 1.54) is 11.1 Å². The predicted octanol–water partition coefficient (Wildman–Crippen LogP) is 2.37. The van der Waals surface area contributed by atoms with Gasteiger partial charge in [-0.2, -0.15) is 0 Å². The van der Waals surface area contributed by atoms with E-state index in [9.17, 15) is 5.11 Å². The number of imidazole rings is 1. The predicted molar refractivity (Wildman–Crippen MR) is 64.6 cm³/mol.